The predicted molar refractivity (Wildman–Crippen MR) is 66.1 cm³/mol. The third kappa shape index (κ3) is 2.58. The van der Waals surface area contributed by atoms with Crippen molar-refractivity contribution in [3.05, 3.63) is 29.8 Å². The number of hydrogen-bond donors (Lipinski definition) is 1. The number of nitrogens with zero attached hydrogens (tertiary/aromatic N) is 2. The molecule has 0 aromatic heterocycles. The van der Waals surface area contributed by atoms with E-state index >= 15 is 0 Å². The standard InChI is InChI=1S/C13H18N2O2/c1-14(2)11-6-7-15(9-11)13(17)10-4-3-5-12(16)8-10/h3-5,8,11,16H,6-7,9H2,1-2H3. The van der Waals surface area contributed by atoms with E-state index in [0.717, 1.165) is 19.5 Å². The van der Waals surface area contributed by atoms with Gasteiger partial charge in [-0.1, -0.05) is 6.07 Å². The maximum atomic E-state index is 12.2. The summed E-state index contributed by atoms with van der Waals surface area (Å²) >= 11 is 0. The van der Waals surface area contributed by atoms with E-state index in [4.69, 9.17) is 0 Å². The molecule has 1 aromatic carbocycles. The first-order valence-corrected chi connectivity index (χ1v) is 5.82. The molecule has 4 heteroatoms. The Kier molecular flexibility index (Phi) is 3.33. The number of phenolic OH excluding ortho intramolecular Hbond substituents is 1. The van der Waals surface area contributed by atoms with Crippen LogP contribution in [-0.4, -0.2) is 54.0 Å². The summed E-state index contributed by atoms with van der Waals surface area (Å²) in [5.41, 5.74) is 0.560. The van der Waals surface area contributed by atoms with Crippen molar-refractivity contribution in [2.24, 2.45) is 0 Å². The van der Waals surface area contributed by atoms with Crippen molar-refractivity contribution in [1.29, 1.82) is 0 Å². The maximum absolute atomic E-state index is 12.2. The largest absolute Gasteiger partial charge is 0.508 e. The van der Waals surface area contributed by atoms with Gasteiger partial charge in [-0.2, -0.15) is 0 Å². The van der Waals surface area contributed by atoms with Gasteiger partial charge in [-0.25, -0.2) is 0 Å². The summed E-state index contributed by atoms with van der Waals surface area (Å²) < 4.78 is 0. The lowest BCUT2D eigenvalue weighted by Gasteiger charge is -2.20. The second-order valence-electron chi connectivity index (χ2n) is 4.71. The van der Waals surface area contributed by atoms with Crippen LogP contribution in [0.5, 0.6) is 5.75 Å². The number of benzene rings is 1. The molecule has 1 aliphatic rings. The molecule has 1 aliphatic heterocycles. The van der Waals surface area contributed by atoms with E-state index in [9.17, 15) is 9.90 Å². The third-order valence-electron chi connectivity index (χ3n) is 3.27. The Morgan fingerprint density at radius 3 is 2.82 bits per heavy atom. The monoisotopic (exact) mass is 234 g/mol. The lowest BCUT2D eigenvalue weighted by Crippen LogP contribution is -2.34. The maximum Gasteiger partial charge on any atom is 0.254 e. The van der Waals surface area contributed by atoms with Crippen LogP contribution in [0.25, 0.3) is 0 Å². The van der Waals surface area contributed by atoms with Crippen LogP contribution in [0.2, 0.25) is 0 Å². The van der Waals surface area contributed by atoms with E-state index < -0.39 is 0 Å². The Labute approximate surface area is 101 Å². The molecule has 1 fully saturated rings. The van der Waals surface area contributed by atoms with Crippen LogP contribution in [0.3, 0.4) is 0 Å². The number of likely N-dealkylation sites (N-methyl/N-ethyl adjacent to an activating group) is 1. The second kappa shape index (κ2) is 4.75. The molecule has 1 N–H and O–H groups in total. The zero-order valence-corrected chi connectivity index (χ0v) is 10.3. The topological polar surface area (TPSA) is 43.8 Å². The van der Waals surface area contributed by atoms with Gasteiger partial charge in [-0.3, -0.25) is 4.79 Å². The molecule has 0 bridgehead atoms. The van der Waals surface area contributed by atoms with E-state index in [-0.39, 0.29) is 11.7 Å². The lowest BCUT2D eigenvalue weighted by atomic mass is 10.2. The summed E-state index contributed by atoms with van der Waals surface area (Å²) in [4.78, 5) is 16.2. The van der Waals surface area contributed by atoms with Crippen LogP contribution < -0.4 is 0 Å². The average Bonchev–Trinajstić information content (AvgIpc) is 2.77. The van der Waals surface area contributed by atoms with Gasteiger partial charge in [0, 0.05) is 24.7 Å². The number of phenols is 1. The van der Waals surface area contributed by atoms with Gasteiger partial charge in [0.2, 0.25) is 0 Å². The van der Waals surface area contributed by atoms with Crippen molar-refractivity contribution in [1.82, 2.24) is 9.80 Å². The van der Waals surface area contributed by atoms with Gasteiger partial charge in [-0.15, -0.1) is 0 Å². The average molecular weight is 234 g/mol. The van der Waals surface area contributed by atoms with Gasteiger partial charge in [0.15, 0.2) is 0 Å². The fourth-order valence-electron chi connectivity index (χ4n) is 2.17. The Balaban J connectivity index is 2.07. The smallest absolute Gasteiger partial charge is 0.254 e. The molecule has 0 spiro atoms. The van der Waals surface area contributed by atoms with Crippen LogP contribution in [0.1, 0.15) is 16.8 Å². The van der Waals surface area contributed by atoms with E-state index in [1.807, 2.05) is 19.0 Å². The van der Waals surface area contributed by atoms with E-state index in [1.165, 1.54) is 6.07 Å². The molecule has 1 aromatic rings. The minimum atomic E-state index is 0.00486. The quantitative estimate of drug-likeness (QED) is 0.835. The van der Waals surface area contributed by atoms with Crippen molar-refractivity contribution in [3.63, 3.8) is 0 Å². The van der Waals surface area contributed by atoms with Gasteiger partial charge >= 0.3 is 0 Å². The first kappa shape index (κ1) is 11.9. The van der Waals surface area contributed by atoms with Crippen LogP contribution >= 0.6 is 0 Å². The number of likely N-dealkylation sites (tertiary alicyclic amines) is 1. The van der Waals surface area contributed by atoms with Crippen LogP contribution in [0, 0.1) is 0 Å². The molecule has 0 radical (unpaired) electrons. The Morgan fingerprint density at radius 1 is 1.47 bits per heavy atom. The summed E-state index contributed by atoms with van der Waals surface area (Å²) in [5.74, 6) is 0.143. The fraction of sp³-hybridized carbons (Fsp3) is 0.462. The summed E-state index contributed by atoms with van der Waals surface area (Å²) in [6.45, 7) is 1.55. The van der Waals surface area contributed by atoms with Gasteiger partial charge < -0.3 is 14.9 Å². The van der Waals surface area contributed by atoms with E-state index in [0.29, 0.717) is 11.6 Å². The molecule has 2 rings (SSSR count). The third-order valence-corrected chi connectivity index (χ3v) is 3.27. The Hall–Kier alpha value is -1.55. The van der Waals surface area contributed by atoms with Gasteiger partial charge in [0.1, 0.15) is 5.75 Å². The first-order valence-electron chi connectivity index (χ1n) is 5.82. The van der Waals surface area contributed by atoms with Crippen molar-refractivity contribution in [2.75, 3.05) is 27.2 Å². The highest BCUT2D eigenvalue weighted by Gasteiger charge is 2.27. The van der Waals surface area contributed by atoms with Gasteiger partial charge in [0.05, 0.1) is 0 Å². The molecule has 1 saturated heterocycles. The van der Waals surface area contributed by atoms with Crippen LogP contribution in [-0.2, 0) is 0 Å². The van der Waals surface area contributed by atoms with E-state index in [1.54, 1.807) is 18.2 Å². The van der Waals surface area contributed by atoms with Gasteiger partial charge in [0.25, 0.3) is 5.91 Å². The minimum Gasteiger partial charge on any atom is -0.508 e. The van der Waals surface area contributed by atoms with Crippen molar-refractivity contribution >= 4 is 5.91 Å². The lowest BCUT2D eigenvalue weighted by molar-refractivity contribution is 0.0782. The van der Waals surface area contributed by atoms with Crippen LogP contribution in [0.4, 0.5) is 0 Å². The Morgan fingerprint density at radius 2 is 2.24 bits per heavy atom. The molecular weight excluding hydrogens is 216 g/mol. The molecule has 17 heavy (non-hydrogen) atoms. The number of carbonyl (C=O) groups is 1. The highest BCUT2D eigenvalue weighted by molar-refractivity contribution is 5.94. The molecule has 0 aliphatic carbocycles. The summed E-state index contributed by atoms with van der Waals surface area (Å²) in [6, 6.07) is 6.97. The number of hydrogen-bond acceptors (Lipinski definition) is 3. The van der Waals surface area contributed by atoms with E-state index in [2.05, 4.69) is 4.90 Å². The van der Waals surface area contributed by atoms with Crippen LogP contribution in [0.15, 0.2) is 24.3 Å². The highest BCUT2D eigenvalue weighted by Crippen LogP contribution is 2.18. The number of aromatic hydroxyl groups is 1. The SMILES string of the molecule is CN(C)C1CCN(C(=O)c2cccc(O)c2)C1. The Bertz CT molecular complexity index is 418. The molecule has 92 valence electrons. The second-order valence-corrected chi connectivity index (χ2v) is 4.71. The molecule has 1 atom stereocenters. The molecule has 0 saturated carbocycles. The van der Waals surface area contributed by atoms with Crippen molar-refractivity contribution < 1.29 is 9.90 Å². The summed E-state index contributed by atoms with van der Waals surface area (Å²) in [5, 5.41) is 9.37. The first-order chi connectivity index (χ1) is 8.08. The zero-order valence-electron chi connectivity index (χ0n) is 10.3. The number of carbonyl (C=O) groups excluding carboxylic acids is 1. The molecule has 1 amide bonds. The predicted octanol–water partition coefficient (Wildman–Crippen LogP) is 1.17. The summed E-state index contributed by atoms with van der Waals surface area (Å²) in [7, 11) is 4.07. The summed E-state index contributed by atoms with van der Waals surface area (Å²) in [6.07, 6.45) is 1.01. The molecular formula is C13H18N2O2. The fourth-order valence-corrected chi connectivity index (χ4v) is 2.17. The minimum absolute atomic E-state index is 0.00486. The van der Waals surface area contributed by atoms with Crippen molar-refractivity contribution in [2.45, 2.75) is 12.5 Å². The van der Waals surface area contributed by atoms with Gasteiger partial charge in [-0.05, 0) is 38.7 Å². The molecule has 4 nitrogen and oxygen atoms in total. The zero-order chi connectivity index (χ0) is 12.4. The number of rotatable bonds is 2. The molecule has 1 unspecified atom stereocenters. The normalized spacial score (nSPS) is 19.9. The molecule has 1 heterocycles. The number of amides is 1. The highest BCUT2D eigenvalue weighted by atomic mass is 16.3. The van der Waals surface area contributed by atoms with Crippen molar-refractivity contribution in [3.8, 4) is 5.75 Å².